The number of nitrogens with zero attached hydrogens (tertiary/aromatic N) is 1. The second kappa shape index (κ2) is 6.36. The summed E-state index contributed by atoms with van der Waals surface area (Å²) in [5, 5.41) is 13.3. The maximum atomic E-state index is 9.84. The molecule has 0 heterocycles. The van der Waals surface area contributed by atoms with Crippen LogP contribution < -0.4 is 5.32 Å². The Hall–Kier alpha value is -0.120. The van der Waals surface area contributed by atoms with Crippen LogP contribution in [0.2, 0.25) is 0 Å². The van der Waals surface area contributed by atoms with Gasteiger partial charge < -0.3 is 10.4 Å². The zero-order valence-corrected chi connectivity index (χ0v) is 12.1. The molecule has 2 aliphatic rings. The molecule has 18 heavy (non-hydrogen) atoms. The van der Waals surface area contributed by atoms with Crippen LogP contribution in [0.15, 0.2) is 0 Å². The number of likely N-dealkylation sites (N-methyl/N-ethyl adjacent to an activating group) is 2. The smallest absolute Gasteiger partial charge is 0.0628 e. The normalized spacial score (nSPS) is 25.3. The molecule has 1 atom stereocenters. The molecule has 2 N–H and O–H groups in total. The second-order valence-corrected chi connectivity index (χ2v) is 6.19. The van der Waals surface area contributed by atoms with Gasteiger partial charge in [0.05, 0.1) is 12.1 Å². The molecule has 106 valence electrons. The lowest BCUT2D eigenvalue weighted by Gasteiger charge is -2.41. The van der Waals surface area contributed by atoms with Crippen molar-refractivity contribution >= 4 is 0 Å². The Morgan fingerprint density at radius 1 is 1.17 bits per heavy atom. The van der Waals surface area contributed by atoms with Crippen molar-refractivity contribution in [2.45, 2.75) is 63.5 Å². The van der Waals surface area contributed by atoms with E-state index in [1.807, 2.05) is 7.05 Å². The van der Waals surface area contributed by atoms with Gasteiger partial charge in [-0.15, -0.1) is 0 Å². The van der Waals surface area contributed by atoms with Gasteiger partial charge in [0.2, 0.25) is 0 Å². The fourth-order valence-corrected chi connectivity index (χ4v) is 3.61. The van der Waals surface area contributed by atoms with Crippen molar-refractivity contribution in [3.05, 3.63) is 0 Å². The first-order valence-corrected chi connectivity index (χ1v) is 7.79. The number of hydrogen-bond donors (Lipinski definition) is 2. The maximum Gasteiger partial charge on any atom is 0.0628 e. The van der Waals surface area contributed by atoms with Crippen molar-refractivity contribution in [1.82, 2.24) is 10.2 Å². The van der Waals surface area contributed by atoms with Crippen LogP contribution in [0, 0.1) is 5.92 Å². The fraction of sp³-hybridized carbons (Fsp3) is 1.00. The van der Waals surface area contributed by atoms with Crippen molar-refractivity contribution in [2.24, 2.45) is 5.92 Å². The third-order valence-electron chi connectivity index (χ3n) is 5.12. The van der Waals surface area contributed by atoms with E-state index < -0.39 is 0 Å². The Bertz CT molecular complexity index is 243. The van der Waals surface area contributed by atoms with E-state index in [-0.39, 0.29) is 12.1 Å². The van der Waals surface area contributed by atoms with Gasteiger partial charge in [0.25, 0.3) is 0 Å². The highest BCUT2D eigenvalue weighted by atomic mass is 16.3. The molecule has 2 aliphatic carbocycles. The van der Waals surface area contributed by atoms with Gasteiger partial charge in [0.15, 0.2) is 0 Å². The Morgan fingerprint density at radius 2 is 1.83 bits per heavy atom. The highest BCUT2D eigenvalue weighted by Crippen LogP contribution is 2.40. The first-order chi connectivity index (χ1) is 8.75. The second-order valence-electron chi connectivity index (χ2n) is 6.19. The van der Waals surface area contributed by atoms with Crippen LogP contribution in [-0.2, 0) is 0 Å². The zero-order valence-electron chi connectivity index (χ0n) is 12.1. The average Bonchev–Trinajstić information content (AvgIpc) is 3.27. The van der Waals surface area contributed by atoms with Gasteiger partial charge in [0.1, 0.15) is 0 Å². The van der Waals surface area contributed by atoms with Gasteiger partial charge in [0, 0.05) is 12.6 Å². The van der Waals surface area contributed by atoms with E-state index in [4.69, 9.17) is 0 Å². The topological polar surface area (TPSA) is 35.5 Å². The lowest BCUT2D eigenvalue weighted by Crippen LogP contribution is -2.58. The lowest BCUT2D eigenvalue weighted by atomic mass is 9.89. The number of hydrogen-bond acceptors (Lipinski definition) is 3. The largest absolute Gasteiger partial charge is 0.394 e. The van der Waals surface area contributed by atoms with Gasteiger partial charge in [-0.2, -0.15) is 0 Å². The number of rotatable bonds is 7. The van der Waals surface area contributed by atoms with E-state index in [0.29, 0.717) is 5.92 Å². The zero-order chi connectivity index (χ0) is 13.0. The van der Waals surface area contributed by atoms with Gasteiger partial charge in [-0.1, -0.05) is 26.2 Å². The molecule has 3 heteroatoms. The van der Waals surface area contributed by atoms with Gasteiger partial charge in [-0.25, -0.2) is 0 Å². The van der Waals surface area contributed by atoms with Crippen LogP contribution in [0.25, 0.3) is 0 Å². The summed E-state index contributed by atoms with van der Waals surface area (Å²) in [5.41, 5.74) is -0.0482. The van der Waals surface area contributed by atoms with Gasteiger partial charge in [-0.05, 0) is 45.2 Å². The maximum absolute atomic E-state index is 9.84. The number of nitrogens with one attached hydrogen (secondary N) is 1. The van der Waals surface area contributed by atoms with E-state index in [2.05, 4.69) is 17.1 Å². The fourth-order valence-electron chi connectivity index (χ4n) is 3.61. The first kappa shape index (κ1) is 14.3. The SMILES string of the molecule is CCN(CC(CO)(NC)C1CC1)C1CCCCC1. The van der Waals surface area contributed by atoms with Crippen molar-refractivity contribution in [3.8, 4) is 0 Å². The Balaban J connectivity index is 1.98. The quantitative estimate of drug-likeness (QED) is 0.729. The van der Waals surface area contributed by atoms with E-state index in [1.54, 1.807) is 0 Å². The third-order valence-corrected chi connectivity index (χ3v) is 5.12. The molecule has 2 saturated carbocycles. The van der Waals surface area contributed by atoms with Gasteiger partial charge in [-0.3, -0.25) is 4.90 Å². The van der Waals surface area contributed by atoms with Crippen molar-refractivity contribution in [2.75, 3.05) is 26.7 Å². The molecule has 2 fully saturated rings. The summed E-state index contributed by atoms with van der Waals surface area (Å²) < 4.78 is 0. The molecular weight excluding hydrogens is 224 g/mol. The van der Waals surface area contributed by atoms with E-state index in [1.165, 1.54) is 44.9 Å². The van der Waals surface area contributed by atoms with E-state index >= 15 is 0 Å². The lowest BCUT2D eigenvalue weighted by molar-refractivity contribution is 0.0665. The molecule has 0 aliphatic heterocycles. The van der Waals surface area contributed by atoms with Crippen LogP contribution in [0.4, 0.5) is 0 Å². The summed E-state index contributed by atoms with van der Waals surface area (Å²) in [7, 11) is 2.02. The molecule has 0 aromatic heterocycles. The summed E-state index contributed by atoms with van der Waals surface area (Å²) in [6, 6.07) is 0.752. The molecular formula is C15H30N2O. The Kier molecular flexibility index (Phi) is 5.05. The minimum absolute atomic E-state index is 0.0482. The molecule has 0 amide bonds. The predicted octanol–water partition coefficient (Wildman–Crippen LogP) is 2.00. The van der Waals surface area contributed by atoms with Crippen molar-refractivity contribution in [1.29, 1.82) is 0 Å². The summed E-state index contributed by atoms with van der Waals surface area (Å²) >= 11 is 0. The molecule has 3 nitrogen and oxygen atoms in total. The standard InChI is InChI=1S/C15H30N2O/c1-3-17(14-7-5-4-6-8-14)11-15(12-18,16-2)13-9-10-13/h13-14,16,18H,3-12H2,1-2H3. The molecule has 0 radical (unpaired) electrons. The number of aliphatic hydroxyl groups is 1. The Labute approximate surface area is 112 Å². The molecule has 1 unspecified atom stereocenters. The van der Waals surface area contributed by atoms with Crippen LogP contribution in [0.3, 0.4) is 0 Å². The molecule has 0 saturated heterocycles. The minimum Gasteiger partial charge on any atom is -0.394 e. The summed E-state index contributed by atoms with van der Waals surface area (Å²) in [5.74, 6) is 0.685. The first-order valence-electron chi connectivity index (χ1n) is 7.79. The summed E-state index contributed by atoms with van der Waals surface area (Å²) in [6.07, 6.45) is 9.45. The molecule has 0 aromatic carbocycles. The monoisotopic (exact) mass is 254 g/mol. The van der Waals surface area contributed by atoms with Crippen LogP contribution >= 0.6 is 0 Å². The Morgan fingerprint density at radius 3 is 2.28 bits per heavy atom. The van der Waals surface area contributed by atoms with Crippen LogP contribution in [0.5, 0.6) is 0 Å². The molecule has 0 spiro atoms. The van der Waals surface area contributed by atoms with Crippen molar-refractivity contribution < 1.29 is 5.11 Å². The minimum atomic E-state index is -0.0482. The summed E-state index contributed by atoms with van der Waals surface area (Å²) in [4.78, 5) is 2.62. The summed E-state index contributed by atoms with van der Waals surface area (Å²) in [6.45, 7) is 4.67. The van der Waals surface area contributed by atoms with E-state index in [0.717, 1.165) is 19.1 Å². The molecule has 0 bridgehead atoms. The molecule has 2 rings (SSSR count). The van der Waals surface area contributed by atoms with Crippen LogP contribution in [0.1, 0.15) is 51.9 Å². The third kappa shape index (κ3) is 3.06. The highest BCUT2D eigenvalue weighted by Gasteiger charge is 2.45. The van der Waals surface area contributed by atoms with Crippen molar-refractivity contribution in [3.63, 3.8) is 0 Å². The van der Waals surface area contributed by atoms with Crippen LogP contribution in [-0.4, -0.2) is 48.3 Å². The predicted molar refractivity (Wildman–Crippen MR) is 75.7 cm³/mol. The van der Waals surface area contributed by atoms with E-state index in [9.17, 15) is 5.11 Å². The highest BCUT2D eigenvalue weighted by molar-refractivity contribution is 5.02. The molecule has 0 aromatic rings. The number of aliphatic hydroxyl groups excluding tert-OH is 1. The average molecular weight is 254 g/mol. The van der Waals surface area contributed by atoms with Gasteiger partial charge >= 0.3 is 0 Å².